The van der Waals surface area contributed by atoms with Crippen molar-refractivity contribution >= 4 is 11.9 Å². The lowest BCUT2D eigenvalue weighted by molar-refractivity contribution is -0.124. The molecule has 2 atom stereocenters. The van der Waals surface area contributed by atoms with E-state index in [9.17, 15) is 9.59 Å². The number of hydrogen-bond donors (Lipinski definition) is 3. The summed E-state index contributed by atoms with van der Waals surface area (Å²) in [4.78, 5) is 22.0. The van der Waals surface area contributed by atoms with E-state index in [0.717, 1.165) is 13.0 Å². The van der Waals surface area contributed by atoms with E-state index in [2.05, 4.69) is 10.6 Å². The van der Waals surface area contributed by atoms with Crippen molar-refractivity contribution in [3.05, 3.63) is 0 Å². The van der Waals surface area contributed by atoms with Gasteiger partial charge in [-0.3, -0.25) is 10.1 Å². The average Bonchev–Trinajstić information content (AvgIpc) is 2.61. The second kappa shape index (κ2) is 5.67. The lowest BCUT2D eigenvalue weighted by Crippen LogP contribution is -2.47. The predicted molar refractivity (Wildman–Crippen MR) is 54.1 cm³/mol. The lowest BCUT2D eigenvalue weighted by atomic mass is 10.0. The number of rotatable bonds is 4. The first-order chi connectivity index (χ1) is 7.15. The number of carbonyl (C=O) groups excluding carboxylic acids is 2. The minimum atomic E-state index is -0.818. The highest BCUT2D eigenvalue weighted by molar-refractivity contribution is 5.95. The van der Waals surface area contributed by atoms with Gasteiger partial charge in [-0.05, 0) is 13.0 Å². The van der Waals surface area contributed by atoms with Crippen LogP contribution in [0.15, 0.2) is 0 Å². The molecular formula is C9H17N3O3. The van der Waals surface area contributed by atoms with E-state index in [0.29, 0.717) is 13.2 Å². The monoisotopic (exact) mass is 215 g/mol. The summed E-state index contributed by atoms with van der Waals surface area (Å²) < 4.78 is 5.19. The summed E-state index contributed by atoms with van der Waals surface area (Å²) in [6.45, 7) is 3.70. The Bertz CT molecular complexity index is 245. The van der Waals surface area contributed by atoms with Crippen molar-refractivity contribution in [1.82, 2.24) is 10.6 Å². The number of imide groups is 1. The molecule has 0 aromatic rings. The highest BCUT2D eigenvalue weighted by Gasteiger charge is 2.33. The second-order valence-corrected chi connectivity index (χ2v) is 3.56. The van der Waals surface area contributed by atoms with Gasteiger partial charge in [0.2, 0.25) is 5.91 Å². The Morgan fingerprint density at radius 1 is 1.47 bits per heavy atom. The Hall–Kier alpha value is -1.14. The zero-order valence-electron chi connectivity index (χ0n) is 8.79. The molecule has 1 rings (SSSR count). The number of ether oxygens (including phenoxy) is 1. The molecule has 15 heavy (non-hydrogen) atoms. The van der Waals surface area contributed by atoms with Crippen LogP contribution in [-0.4, -0.2) is 37.7 Å². The zero-order valence-corrected chi connectivity index (χ0v) is 8.79. The van der Waals surface area contributed by atoms with E-state index in [1.54, 1.807) is 0 Å². The molecule has 1 saturated heterocycles. The van der Waals surface area contributed by atoms with Crippen molar-refractivity contribution in [3.63, 3.8) is 0 Å². The Balaban J connectivity index is 2.44. The van der Waals surface area contributed by atoms with Gasteiger partial charge in [-0.1, -0.05) is 6.92 Å². The van der Waals surface area contributed by atoms with Crippen LogP contribution >= 0.6 is 0 Å². The van der Waals surface area contributed by atoms with Crippen molar-refractivity contribution in [3.8, 4) is 0 Å². The average molecular weight is 215 g/mol. The van der Waals surface area contributed by atoms with Gasteiger partial charge in [-0.2, -0.15) is 0 Å². The maximum Gasteiger partial charge on any atom is 0.318 e. The second-order valence-electron chi connectivity index (χ2n) is 3.56. The normalized spacial score (nSPS) is 25.1. The van der Waals surface area contributed by atoms with Gasteiger partial charge in [-0.15, -0.1) is 0 Å². The first-order valence-corrected chi connectivity index (χ1v) is 5.06. The number of urea groups is 1. The van der Waals surface area contributed by atoms with Gasteiger partial charge in [0.1, 0.15) is 0 Å². The molecule has 4 N–H and O–H groups in total. The Morgan fingerprint density at radius 3 is 2.80 bits per heavy atom. The fraction of sp³-hybridized carbons (Fsp3) is 0.778. The quantitative estimate of drug-likeness (QED) is 0.572. The first-order valence-electron chi connectivity index (χ1n) is 5.06. The molecule has 0 aromatic carbocycles. The van der Waals surface area contributed by atoms with Crippen LogP contribution in [0.25, 0.3) is 0 Å². The standard InChI is InChI=1S/C9H17N3O3/c1-2-3-11-7-5-15-4-6(7)8(13)12-9(10)14/h6-7,11H,2-5H2,1H3,(H3,10,12,13,14). The number of carbonyl (C=O) groups is 2. The van der Waals surface area contributed by atoms with E-state index < -0.39 is 6.03 Å². The SMILES string of the molecule is CCCNC1COCC1C(=O)NC(N)=O. The summed E-state index contributed by atoms with van der Waals surface area (Å²) in [5, 5.41) is 5.27. The molecule has 1 aliphatic rings. The van der Waals surface area contributed by atoms with Gasteiger partial charge in [-0.25, -0.2) is 4.79 Å². The van der Waals surface area contributed by atoms with Crippen LogP contribution in [0.3, 0.4) is 0 Å². The molecule has 0 aliphatic carbocycles. The topological polar surface area (TPSA) is 93.4 Å². The fourth-order valence-electron chi connectivity index (χ4n) is 1.56. The zero-order chi connectivity index (χ0) is 11.3. The molecule has 2 unspecified atom stereocenters. The first kappa shape index (κ1) is 11.9. The number of amides is 3. The molecule has 0 aromatic heterocycles. The summed E-state index contributed by atoms with van der Waals surface area (Å²) in [6, 6.07) is -0.842. The maximum atomic E-state index is 11.5. The van der Waals surface area contributed by atoms with Crippen molar-refractivity contribution in [1.29, 1.82) is 0 Å². The lowest BCUT2D eigenvalue weighted by Gasteiger charge is -2.17. The molecule has 0 spiro atoms. The summed E-state index contributed by atoms with van der Waals surface area (Å²) in [5.41, 5.74) is 4.87. The van der Waals surface area contributed by atoms with Gasteiger partial charge in [0, 0.05) is 6.04 Å². The molecule has 6 nitrogen and oxygen atoms in total. The Morgan fingerprint density at radius 2 is 2.20 bits per heavy atom. The minimum Gasteiger partial charge on any atom is -0.379 e. The molecule has 0 saturated carbocycles. The van der Waals surface area contributed by atoms with E-state index in [1.807, 2.05) is 6.92 Å². The highest BCUT2D eigenvalue weighted by Crippen LogP contribution is 2.13. The van der Waals surface area contributed by atoms with Crippen LogP contribution in [0.5, 0.6) is 0 Å². The van der Waals surface area contributed by atoms with Crippen LogP contribution in [0, 0.1) is 5.92 Å². The molecule has 0 radical (unpaired) electrons. The number of nitrogens with one attached hydrogen (secondary N) is 2. The maximum absolute atomic E-state index is 11.5. The molecule has 3 amide bonds. The summed E-state index contributed by atoms with van der Waals surface area (Å²) >= 11 is 0. The van der Waals surface area contributed by atoms with Gasteiger partial charge in [0.05, 0.1) is 19.1 Å². The highest BCUT2D eigenvalue weighted by atomic mass is 16.5. The fourth-order valence-corrected chi connectivity index (χ4v) is 1.56. The van der Waals surface area contributed by atoms with Crippen LogP contribution in [-0.2, 0) is 9.53 Å². The number of primary amides is 1. The van der Waals surface area contributed by atoms with Crippen LogP contribution in [0.1, 0.15) is 13.3 Å². The Kier molecular flexibility index (Phi) is 4.51. The van der Waals surface area contributed by atoms with Crippen LogP contribution in [0.2, 0.25) is 0 Å². The third kappa shape index (κ3) is 3.49. The predicted octanol–water partition coefficient (Wildman–Crippen LogP) is -0.804. The molecule has 6 heteroatoms. The van der Waals surface area contributed by atoms with E-state index in [-0.39, 0.29) is 17.9 Å². The number of hydrogen-bond acceptors (Lipinski definition) is 4. The van der Waals surface area contributed by atoms with Gasteiger partial charge >= 0.3 is 6.03 Å². The van der Waals surface area contributed by atoms with Crippen molar-refractivity contribution < 1.29 is 14.3 Å². The molecule has 1 aliphatic heterocycles. The third-order valence-corrected chi connectivity index (χ3v) is 2.32. The molecular weight excluding hydrogens is 198 g/mol. The van der Waals surface area contributed by atoms with Crippen molar-refractivity contribution in [2.75, 3.05) is 19.8 Å². The molecule has 86 valence electrons. The van der Waals surface area contributed by atoms with Gasteiger partial charge in [0.15, 0.2) is 0 Å². The van der Waals surface area contributed by atoms with Gasteiger partial charge < -0.3 is 15.8 Å². The summed E-state index contributed by atoms with van der Waals surface area (Å²) in [5.74, 6) is -0.697. The van der Waals surface area contributed by atoms with Crippen LogP contribution in [0.4, 0.5) is 4.79 Å². The molecule has 0 bridgehead atoms. The summed E-state index contributed by atoms with van der Waals surface area (Å²) in [7, 11) is 0. The van der Waals surface area contributed by atoms with E-state index in [1.165, 1.54) is 0 Å². The minimum absolute atomic E-state index is 0.0238. The van der Waals surface area contributed by atoms with E-state index in [4.69, 9.17) is 10.5 Å². The van der Waals surface area contributed by atoms with Crippen molar-refractivity contribution in [2.45, 2.75) is 19.4 Å². The third-order valence-electron chi connectivity index (χ3n) is 2.32. The molecule has 1 fully saturated rings. The van der Waals surface area contributed by atoms with Gasteiger partial charge in [0.25, 0.3) is 0 Å². The van der Waals surface area contributed by atoms with Crippen molar-refractivity contribution in [2.24, 2.45) is 11.7 Å². The largest absolute Gasteiger partial charge is 0.379 e. The number of nitrogens with two attached hydrogens (primary N) is 1. The summed E-state index contributed by atoms with van der Waals surface area (Å²) in [6.07, 6.45) is 0.987. The Labute approximate surface area is 88.5 Å². The molecule has 1 heterocycles. The van der Waals surface area contributed by atoms with E-state index >= 15 is 0 Å². The smallest absolute Gasteiger partial charge is 0.318 e. The van der Waals surface area contributed by atoms with Crippen LogP contribution < -0.4 is 16.4 Å².